The number of aromatic nitrogens is 2. The van der Waals surface area contributed by atoms with E-state index in [9.17, 15) is 5.11 Å². The van der Waals surface area contributed by atoms with Crippen LogP contribution in [0.4, 0.5) is 0 Å². The molecule has 0 saturated heterocycles. The van der Waals surface area contributed by atoms with Gasteiger partial charge in [0, 0.05) is 13.0 Å². The lowest BCUT2D eigenvalue weighted by Gasteiger charge is -2.19. The molecule has 1 unspecified atom stereocenters. The van der Waals surface area contributed by atoms with Gasteiger partial charge in [0.25, 0.3) is 0 Å². The number of aliphatic hydroxyl groups is 1. The highest BCUT2D eigenvalue weighted by Crippen LogP contribution is 2.21. The first-order valence-corrected chi connectivity index (χ1v) is 4.97. The molecule has 2 aromatic rings. The number of aryl methyl sites for hydroxylation is 1. The molecule has 14 heavy (non-hydrogen) atoms. The first-order valence-electron chi connectivity index (χ1n) is 4.97. The number of hydrogen-bond acceptors (Lipinski definition) is 2. The second kappa shape index (κ2) is 2.82. The van der Waals surface area contributed by atoms with E-state index in [2.05, 4.69) is 15.6 Å². The van der Waals surface area contributed by atoms with E-state index in [0.29, 0.717) is 6.42 Å². The number of benzene rings is 1. The Hall–Kier alpha value is -1.35. The highest BCUT2D eigenvalue weighted by Gasteiger charge is 2.19. The lowest BCUT2D eigenvalue weighted by atomic mass is 10.1. The monoisotopic (exact) mass is 188 g/mol. The summed E-state index contributed by atoms with van der Waals surface area (Å²) in [4.78, 5) is 4.51. The molecule has 72 valence electrons. The van der Waals surface area contributed by atoms with Crippen LogP contribution in [0.1, 0.15) is 12.2 Å². The van der Waals surface area contributed by atoms with Crippen molar-refractivity contribution < 1.29 is 5.11 Å². The fraction of sp³-hybridized carbons (Fsp3) is 0.364. The average molecular weight is 188 g/mol. The molecular weight excluding hydrogens is 176 g/mol. The van der Waals surface area contributed by atoms with E-state index >= 15 is 0 Å². The molecule has 0 bridgehead atoms. The number of nitrogens with zero attached hydrogens (tertiary/aromatic N) is 2. The molecule has 0 saturated carbocycles. The van der Waals surface area contributed by atoms with Crippen molar-refractivity contribution in [1.82, 2.24) is 9.55 Å². The van der Waals surface area contributed by atoms with Crippen LogP contribution in [0, 0.1) is 0 Å². The zero-order valence-corrected chi connectivity index (χ0v) is 7.85. The van der Waals surface area contributed by atoms with Crippen LogP contribution in [0.2, 0.25) is 0 Å². The molecule has 2 heterocycles. The van der Waals surface area contributed by atoms with Gasteiger partial charge in [0.2, 0.25) is 0 Å². The van der Waals surface area contributed by atoms with Gasteiger partial charge in [-0.3, -0.25) is 0 Å². The van der Waals surface area contributed by atoms with Gasteiger partial charge < -0.3 is 9.67 Å². The number of aliphatic hydroxyl groups excluding tert-OH is 1. The highest BCUT2D eigenvalue weighted by molar-refractivity contribution is 5.76. The summed E-state index contributed by atoms with van der Waals surface area (Å²) in [5.41, 5.74) is 2.23. The van der Waals surface area contributed by atoms with Gasteiger partial charge in [-0.1, -0.05) is 12.1 Å². The summed E-state index contributed by atoms with van der Waals surface area (Å²) in [6.07, 6.45) is 1.32. The molecule has 1 N–H and O–H groups in total. The first-order chi connectivity index (χ1) is 6.84. The van der Waals surface area contributed by atoms with Crippen molar-refractivity contribution in [2.24, 2.45) is 0 Å². The van der Waals surface area contributed by atoms with Gasteiger partial charge in [0.1, 0.15) is 5.82 Å². The lowest BCUT2D eigenvalue weighted by molar-refractivity contribution is 0.142. The number of fused-ring (bicyclic) bond motifs is 3. The third-order valence-electron chi connectivity index (χ3n) is 2.84. The normalized spacial score (nSPS) is 21.1. The van der Waals surface area contributed by atoms with Crippen LogP contribution in [0.15, 0.2) is 24.3 Å². The quantitative estimate of drug-likeness (QED) is 0.677. The lowest BCUT2D eigenvalue weighted by Crippen LogP contribution is -2.23. The molecule has 3 nitrogen and oxygen atoms in total. The maximum Gasteiger partial charge on any atom is 0.112 e. The Morgan fingerprint density at radius 3 is 3.14 bits per heavy atom. The summed E-state index contributed by atoms with van der Waals surface area (Å²) >= 11 is 0. The fourth-order valence-corrected chi connectivity index (χ4v) is 2.12. The Morgan fingerprint density at radius 2 is 2.21 bits per heavy atom. The molecule has 0 radical (unpaired) electrons. The van der Waals surface area contributed by atoms with Gasteiger partial charge in [-0.15, -0.1) is 0 Å². The predicted octanol–water partition coefficient (Wildman–Crippen LogP) is 1.34. The second-order valence-corrected chi connectivity index (χ2v) is 3.82. The zero-order valence-electron chi connectivity index (χ0n) is 7.85. The smallest absolute Gasteiger partial charge is 0.112 e. The van der Waals surface area contributed by atoms with Gasteiger partial charge in [-0.05, 0) is 18.6 Å². The van der Waals surface area contributed by atoms with Crippen LogP contribution in [0.5, 0.6) is 0 Å². The molecule has 1 aromatic heterocycles. The molecule has 0 fully saturated rings. The van der Waals surface area contributed by atoms with E-state index in [4.69, 9.17) is 0 Å². The van der Waals surface area contributed by atoms with Gasteiger partial charge in [0.15, 0.2) is 0 Å². The SMILES string of the molecule is OC1CCn2c(nc3ccccc32)C1. The van der Waals surface area contributed by atoms with Gasteiger partial charge in [-0.2, -0.15) is 0 Å². The molecular formula is C11H12N2O. The Bertz CT molecular complexity index is 475. The van der Waals surface area contributed by atoms with E-state index in [1.807, 2.05) is 18.2 Å². The maximum atomic E-state index is 9.53. The minimum absolute atomic E-state index is 0.209. The average Bonchev–Trinajstić information content (AvgIpc) is 2.54. The predicted molar refractivity (Wildman–Crippen MR) is 54.1 cm³/mol. The maximum absolute atomic E-state index is 9.53. The standard InChI is InChI=1S/C11H12N2O/c14-8-5-6-13-10-4-2-1-3-9(10)12-11(13)7-8/h1-4,8,14H,5-7H2. The van der Waals surface area contributed by atoms with Gasteiger partial charge in [-0.25, -0.2) is 4.98 Å². The van der Waals surface area contributed by atoms with Crippen molar-refractivity contribution in [3.8, 4) is 0 Å². The summed E-state index contributed by atoms with van der Waals surface area (Å²) in [5.74, 6) is 1.02. The molecule has 0 amide bonds. The van der Waals surface area contributed by atoms with Gasteiger partial charge in [0.05, 0.1) is 17.1 Å². The summed E-state index contributed by atoms with van der Waals surface area (Å²) in [6, 6.07) is 8.14. The fourth-order valence-electron chi connectivity index (χ4n) is 2.12. The zero-order chi connectivity index (χ0) is 9.54. The van der Waals surface area contributed by atoms with Gasteiger partial charge >= 0.3 is 0 Å². The van der Waals surface area contributed by atoms with Crippen molar-refractivity contribution in [3.63, 3.8) is 0 Å². The summed E-state index contributed by atoms with van der Waals surface area (Å²) < 4.78 is 2.21. The van der Waals surface area contributed by atoms with E-state index in [0.717, 1.165) is 24.3 Å². The number of imidazole rings is 1. The third kappa shape index (κ3) is 1.06. The number of para-hydroxylation sites is 2. The van der Waals surface area contributed by atoms with Crippen LogP contribution in [0.3, 0.4) is 0 Å². The van der Waals surface area contributed by atoms with E-state index < -0.39 is 0 Å². The van der Waals surface area contributed by atoms with Crippen molar-refractivity contribution in [1.29, 1.82) is 0 Å². The van der Waals surface area contributed by atoms with E-state index in [1.54, 1.807) is 0 Å². The Morgan fingerprint density at radius 1 is 1.36 bits per heavy atom. The molecule has 1 aliphatic heterocycles. The van der Waals surface area contributed by atoms with E-state index in [1.165, 1.54) is 5.52 Å². The topological polar surface area (TPSA) is 38.0 Å². The van der Waals surface area contributed by atoms with Crippen LogP contribution in [-0.2, 0) is 13.0 Å². The molecule has 1 atom stereocenters. The minimum atomic E-state index is -0.209. The summed E-state index contributed by atoms with van der Waals surface area (Å²) in [7, 11) is 0. The highest BCUT2D eigenvalue weighted by atomic mass is 16.3. The van der Waals surface area contributed by atoms with Crippen LogP contribution >= 0.6 is 0 Å². The largest absolute Gasteiger partial charge is 0.393 e. The first kappa shape index (κ1) is 8.00. The minimum Gasteiger partial charge on any atom is -0.393 e. The molecule has 1 aliphatic rings. The van der Waals surface area contributed by atoms with Crippen molar-refractivity contribution >= 4 is 11.0 Å². The van der Waals surface area contributed by atoms with Crippen LogP contribution in [-0.4, -0.2) is 20.8 Å². The molecule has 0 spiro atoms. The van der Waals surface area contributed by atoms with Crippen molar-refractivity contribution in [3.05, 3.63) is 30.1 Å². The summed E-state index contributed by atoms with van der Waals surface area (Å²) in [5, 5.41) is 9.53. The molecule has 1 aromatic carbocycles. The summed E-state index contributed by atoms with van der Waals surface area (Å²) in [6.45, 7) is 0.886. The number of hydrogen-bond donors (Lipinski definition) is 1. The third-order valence-corrected chi connectivity index (χ3v) is 2.84. The molecule has 3 heteroatoms. The van der Waals surface area contributed by atoms with Crippen LogP contribution in [0.25, 0.3) is 11.0 Å². The molecule has 3 rings (SSSR count). The second-order valence-electron chi connectivity index (χ2n) is 3.82. The van der Waals surface area contributed by atoms with Crippen LogP contribution < -0.4 is 0 Å². The Labute approximate surface area is 82.0 Å². The van der Waals surface area contributed by atoms with Crippen molar-refractivity contribution in [2.75, 3.05) is 0 Å². The van der Waals surface area contributed by atoms with E-state index in [-0.39, 0.29) is 6.10 Å². The number of rotatable bonds is 0. The van der Waals surface area contributed by atoms with Crippen molar-refractivity contribution in [2.45, 2.75) is 25.5 Å². The molecule has 0 aliphatic carbocycles. The Kier molecular flexibility index (Phi) is 1.61. The Balaban J connectivity index is 2.24.